The Balaban J connectivity index is 2.24. The highest BCUT2D eigenvalue weighted by molar-refractivity contribution is 7.09. The lowest BCUT2D eigenvalue weighted by atomic mass is 9.77. The van der Waals surface area contributed by atoms with Crippen molar-refractivity contribution in [2.24, 2.45) is 11.8 Å². The molecule has 0 aromatic rings. The molecule has 0 N–H and O–H groups in total. The number of hydrogen-bond donors (Lipinski definition) is 0. The molecule has 2 aliphatic heterocycles. The topological polar surface area (TPSA) is 29.5 Å². The number of rotatable bonds is 3. The van der Waals surface area contributed by atoms with Gasteiger partial charge in [0.1, 0.15) is 0 Å². The highest BCUT2D eigenvalue weighted by Gasteiger charge is 2.57. The van der Waals surface area contributed by atoms with Gasteiger partial charge < -0.3 is 9.42 Å². The molecule has 0 bridgehead atoms. The van der Waals surface area contributed by atoms with Crippen LogP contribution in [-0.2, 0) is 9.32 Å². The molecule has 0 aromatic carbocycles. The molecular formula is C12H20NO2P. The van der Waals surface area contributed by atoms with E-state index in [0.717, 1.165) is 6.42 Å². The lowest BCUT2D eigenvalue weighted by Crippen LogP contribution is -2.62. The summed E-state index contributed by atoms with van der Waals surface area (Å²) in [7, 11) is 2.27. The third kappa shape index (κ3) is 1.38. The zero-order valence-electron chi connectivity index (χ0n) is 10.4. The van der Waals surface area contributed by atoms with E-state index in [4.69, 9.17) is 4.52 Å². The van der Waals surface area contributed by atoms with E-state index in [1.807, 2.05) is 11.8 Å². The van der Waals surface area contributed by atoms with Gasteiger partial charge in [-0.2, -0.15) is 0 Å². The van der Waals surface area contributed by atoms with Gasteiger partial charge in [0.2, 0.25) is 5.91 Å². The number of fused-ring (bicyclic) bond motifs is 1. The summed E-state index contributed by atoms with van der Waals surface area (Å²) in [6.07, 6.45) is 1.03. The molecule has 5 unspecified atom stereocenters. The van der Waals surface area contributed by atoms with Crippen molar-refractivity contribution in [2.75, 3.05) is 0 Å². The van der Waals surface area contributed by atoms with Crippen LogP contribution in [0.3, 0.4) is 0 Å². The predicted octanol–water partition coefficient (Wildman–Crippen LogP) is 2.34. The third-order valence-corrected chi connectivity index (χ3v) is 4.61. The molecule has 3 nitrogen and oxygen atoms in total. The summed E-state index contributed by atoms with van der Waals surface area (Å²) in [5, 5.41) is 0. The van der Waals surface area contributed by atoms with Crippen molar-refractivity contribution in [1.29, 1.82) is 0 Å². The van der Waals surface area contributed by atoms with Crippen LogP contribution in [0.25, 0.3) is 0 Å². The molecule has 2 rings (SSSR count). The molecule has 0 spiro atoms. The minimum Gasteiger partial charge on any atom is -0.362 e. The zero-order chi connectivity index (χ0) is 12.0. The van der Waals surface area contributed by atoms with Gasteiger partial charge in [0.25, 0.3) is 0 Å². The van der Waals surface area contributed by atoms with Crippen LogP contribution in [0.2, 0.25) is 0 Å². The Bertz CT molecular complexity index is 353. The number of carbonyl (C=O) groups is 1. The average Bonchev–Trinajstić information content (AvgIpc) is 2.46. The molecule has 0 saturated carbocycles. The fraction of sp³-hybridized carbons (Fsp3) is 0.750. The quantitative estimate of drug-likeness (QED) is 0.560. The van der Waals surface area contributed by atoms with Crippen LogP contribution in [0.5, 0.6) is 0 Å². The molecule has 1 fully saturated rings. The molecule has 2 heterocycles. The van der Waals surface area contributed by atoms with Crippen LogP contribution in [0.4, 0.5) is 0 Å². The number of amides is 1. The van der Waals surface area contributed by atoms with Gasteiger partial charge in [0.15, 0.2) is 0 Å². The van der Waals surface area contributed by atoms with Gasteiger partial charge in [0.05, 0.1) is 18.1 Å². The first-order chi connectivity index (χ1) is 7.54. The first kappa shape index (κ1) is 12.1. The molecule has 0 aromatic heterocycles. The normalized spacial score (nSPS) is 35.2. The maximum absolute atomic E-state index is 12.1. The Morgan fingerprint density at radius 1 is 1.56 bits per heavy atom. The van der Waals surface area contributed by atoms with E-state index in [1.54, 1.807) is 0 Å². The van der Waals surface area contributed by atoms with Gasteiger partial charge >= 0.3 is 0 Å². The second-order valence-electron chi connectivity index (χ2n) is 4.82. The lowest BCUT2D eigenvalue weighted by Gasteiger charge is -2.47. The summed E-state index contributed by atoms with van der Waals surface area (Å²) < 4.78 is 5.24. The Hall–Kier alpha value is -0.400. The van der Waals surface area contributed by atoms with E-state index in [9.17, 15) is 4.79 Å². The molecule has 1 amide bonds. The van der Waals surface area contributed by atoms with Crippen LogP contribution < -0.4 is 0 Å². The first-order valence-electron chi connectivity index (χ1n) is 5.92. The number of hydrogen-bond acceptors (Lipinski definition) is 2. The van der Waals surface area contributed by atoms with Gasteiger partial charge in [-0.25, -0.2) is 0 Å². The van der Waals surface area contributed by atoms with E-state index < -0.39 is 0 Å². The standard InChI is InChI=1S/C12H20NO2P/c1-5-9-6(2)11-10(8(4)15-16)12(14)13(11)7(9)3/h6,8,10-11H,5,16H2,1-4H3. The molecular weight excluding hydrogens is 221 g/mol. The van der Waals surface area contributed by atoms with Crippen LogP contribution >= 0.6 is 9.47 Å². The van der Waals surface area contributed by atoms with E-state index in [1.165, 1.54) is 11.3 Å². The van der Waals surface area contributed by atoms with Crippen LogP contribution in [0, 0.1) is 11.8 Å². The van der Waals surface area contributed by atoms with E-state index in [-0.39, 0.29) is 17.9 Å². The number of allylic oxidation sites excluding steroid dienone is 1. The summed E-state index contributed by atoms with van der Waals surface area (Å²) in [6.45, 7) is 8.42. The molecule has 1 saturated heterocycles. The number of carbonyl (C=O) groups excluding carboxylic acids is 1. The Morgan fingerprint density at radius 2 is 2.19 bits per heavy atom. The van der Waals surface area contributed by atoms with E-state index in [0.29, 0.717) is 12.0 Å². The fourth-order valence-electron chi connectivity index (χ4n) is 3.29. The van der Waals surface area contributed by atoms with Crippen molar-refractivity contribution < 1.29 is 9.32 Å². The summed E-state index contributed by atoms with van der Waals surface area (Å²) in [6, 6.07) is 0.331. The molecule has 4 heteroatoms. The smallest absolute Gasteiger partial charge is 0.234 e. The van der Waals surface area contributed by atoms with Crippen molar-refractivity contribution in [1.82, 2.24) is 4.90 Å². The van der Waals surface area contributed by atoms with Gasteiger partial charge in [-0.3, -0.25) is 4.79 Å². The average molecular weight is 241 g/mol. The van der Waals surface area contributed by atoms with Crippen LogP contribution in [0.15, 0.2) is 11.3 Å². The highest BCUT2D eigenvalue weighted by Crippen LogP contribution is 2.48. The van der Waals surface area contributed by atoms with Crippen molar-refractivity contribution in [3.63, 3.8) is 0 Å². The minimum atomic E-state index is -0.00907. The number of β-lactam (4-membered cyclic amide) rings is 1. The van der Waals surface area contributed by atoms with Crippen molar-refractivity contribution in [2.45, 2.75) is 46.3 Å². The molecule has 0 radical (unpaired) electrons. The van der Waals surface area contributed by atoms with E-state index in [2.05, 4.69) is 30.2 Å². The van der Waals surface area contributed by atoms with Crippen molar-refractivity contribution >= 4 is 15.4 Å². The van der Waals surface area contributed by atoms with E-state index >= 15 is 0 Å². The first-order valence-corrected chi connectivity index (χ1v) is 6.40. The second kappa shape index (κ2) is 4.12. The van der Waals surface area contributed by atoms with Gasteiger partial charge in [-0.05, 0) is 25.8 Å². The molecule has 16 heavy (non-hydrogen) atoms. The fourth-order valence-corrected chi connectivity index (χ4v) is 3.46. The van der Waals surface area contributed by atoms with Gasteiger partial charge in [-0.1, -0.05) is 13.8 Å². The lowest BCUT2D eigenvalue weighted by molar-refractivity contribution is -0.158. The number of nitrogens with zero attached hydrogens (tertiary/aromatic N) is 1. The van der Waals surface area contributed by atoms with Crippen LogP contribution in [-0.4, -0.2) is 23.0 Å². The minimum absolute atomic E-state index is 0.00907. The predicted molar refractivity (Wildman–Crippen MR) is 66.5 cm³/mol. The second-order valence-corrected chi connectivity index (χ2v) is 5.09. The molecule has 0 aliphatic carbocycles. The summed E-state index contributed by atoms with van der Waals surface area (Å²) in [4.78, 5) is 14.0. The third-order valence-electron chi connectivity index (χ3n) is 4.18. The largest absolute Gasteiger partial charge is 0.362 e. The molecule has 5 atom stereocenters. The SMILES string of the molecule is CCC1=C(C)N2C(=O)C(C(C)OP)C2C1C. The highest BCUT2D eigenvalue weighted by atomic mass is 31.0. The monoisotopic (exact) mass is 241 g/mol. The van der Waals surface area contributed by atoms with Gasteiger partial charge in [0, 0.05) is 21.1 Å². The molecule has 90 valence electrons. The maximum Gasteiger partial charge on any atom is 0.234 e. The maximum atomic E-state index is 12.1. The Morgan fingerprint density at radius 3 is 2.69 bits per heavy atom. The zero-order valence-corrected chi connectivity index (χ0v) is 11.5. The summed E-state index contributed by atoms with van der Waals surface area (Å²) in [5.74, 6) is 0.745. The Kier molecular flexibility index (Phi) is 3.11. The molecule has 2 aliphatic rings. The van der Waals surface area contributed by atoms with Crippen molar-refractivity contribution in [3.05, 3.63) is 11.3 Å². The summed E-state index contributed by atoms with van der Waals surface area (Å²) in [5.41, 5.74) is 2.61. The van der Waals surface area contributed by atoms with Gasteiger partial charge in [-0.15, -0.1) is 0 Å². The Labute approximate surface area is 99.5 Å². The van der Waals surface area contributed by atoms with Crippen molar-refractivity contribution in [3.8, 4) is 0 Å². The van der Waals surface area contributed by atoms with Crippen LogP contribution in [0.1, 0.15) is 34.1 Å². The summed E-state index contributed by atoms with van der Waals surface area (Å²) >= 11 is 0.